The zero-order valence-corrected chi connectivity index (χ0v) is 70.6. The van der Waals surface area contributed by atoms with Crippen molar-refractivity contribution in [1.82, 2.24) is 5.32 Å². The van der Waals surface area contributed by atoms with Crippen LogP contribution < -0.4 is 5.32 Å². The van der Waals surface area contributed by atoms with Gasteiger partial charge in [-0.2, -0.15) is 0 Å². The minimum Gasteiger partial charge on any atom is -0.726 e. The van der Waals surface area contributed by atoms with Gasteiger partial charge in [-0.3, -0.25) is 59.2 Å². The third kappa shape index (κ3) is 44.9. The maximum Gasteiger partial charge on any atom is 0.219 e. The number of nitrogens with one attached hydrogen (secondary N) is 1. The quantitative estimate of drug-likeness (QED) is 0.0336. The Balaban J connectivity index is 2.08. The smallest absolute Gasteiger partial charge is 0.219 e. The van der Waals surface area contributed by atoms with Crippen LogP contribution in [0.5, 0.6) is 0 Å². The number of unbranched alkanes of at least 4 members (excludes halogenated alkanes) is 14. The highest BCUT2D eigenvalue weighted by Crippen LogP contribution is 2.42. The van der Waals surface area contributed by atoms with Crippen LogP contribution in [0.25, 0.3) is 0 Å². The van der Waals surface area contributed by atoms with E-state index in [9.17, 15) is 173 Å². The largest absolute Gasteiger partial charge is 0.726 e. The summed E-state index contributed by atoms with van der Waals surface area (Å²) in [5.41, 5.74) is 0. The molecule has 4 aliphatic rings. The minimum absolute atomic E-state index is 0.142. The lowest BCUT2D eigenvalue weighted by molar-refractivity contribution is -0.384. The second-order valence-electron chi connectivity index (χ2n) is 24.7. The van der Waals surface area contributed by atoms with Crippen molar-refractivity contribution in [3.8, 4) is 0 Å². The maximum absolute atomic E-state index is 13.0. The highest BCUT2D eigenvalue weighted by molar-refractivity contribution is 7.83. The Kier molecular flexibility index (Phi) is 42.2. The predicted octanol–water partition coefficient (Wildman–Crippen LogP) is -9.66. The highest BCUT2D eigenvalue weighted by atomic mass is 32.3. The van der Waals surface area contributed by atoms with E-state index in [0.717, 1.165) is 57.8 Å². The first kappa shape index (κ1) is 110. The molecule has 0 spiro atoms. The molecule has 712 valence electrons. The standard InChI is InChI=1S/C45H83NO61S13/c1-2-3-4-5-6-7-8-9-10-11-12-13-14-15-16-18-29(47)46-19-17-20-87-42-38(36(103-116(72,73)74)32(101-114(66,67)68)27(92-42)23-90-110(54,55)56)98-44-40(106-119(81,82)83)35(31(100-113(63,64)65)26(94-44)22-89-109(51,52)53)96-43-39(105-118(78,79)80)34(30(99-112(60,61)62)25(93-43)21-88-108(48,49)50)97-45-41(107-120(84,85)86)37(104-117(75,76)77)33(102-115(69,70)71)28(95-45)24-91-111(57,58)59/h25-28,30-45H,2-24H2,1H3,(H,46,47)(H,48,49,50)(H,51,52,53)(H,54,55,56)(H,57,58,59)(H,60,61,62)(H,63,64,65)(H,66,67,68)(H,69,70,71)(H,72,73,74)(H,75,76,77)(H,78,79,80)(H,81,82,83)(H,84,85,86)/p-13/t25-,26-,27-,28-,30-,31-,32-,33-,34+,35+,36+,37+,38+,39+,40+,41+,42+,43-,44-,45-/m1/s1. The van der Waals surface area contributed by atoms with Gasteiger partial charge in [0.05, 0.1) is 33.0 Å². The molecule has 4 aliphatic heterocycles. The molecule has 4 rings (SSSR count). The summed E-state index contributed by atoms with van der Waals surface area (Å²) in [6.45, 7) is -9.13. The number of amides is 1. The molecule has 0 aliphatic carbocycles. The van der Waals surface area contributed by atoms with E-state index in [-0.39, 0.29) is 6.42 Å². The van der Waals surface area contributed by atoms with Crippen LogP contribution in [-0.4, -0.2) is 337 Å². The van der Waals surface area contributed by atoms with E-state index in [1.165, 1.54) is 19.3 Å². The Bertz CT molecular complexity index is 4880. The average molecular weight is 2020 g/mol. The van der Waals surface area contributed by atoms with E-state index in [0.29, 0.717) is 19.3 Å². The van der Waals surface area contributed by atoms with Crippen LogP contribution in [0, 0.1) is 0 Å². The number of hydrogen-bond donors (Lipinski definition) is 1. The molecule has 1 amide bonds. The van der Waals surface area contributed by atoms with Gasteiger partial charge in [0.25, 0.3) is 0 Å². The lowest BCUT2D eigenvalue weighted by atomic mass is 9.95. The molecule has 0 aromatic heterocycles. The average Bonchev–Trinajstić information content (AvgIpc) is 0.750. The van der Waals surface area contributed by atoms with Gasteiger partial charge in [0, 0.05) is 13.0 Å². The number of rotatable bonds is 57. The molecule has 20 atom stereocenters. The lowest BCUT2D eigenvalue weighted by Gasteiger charge is -2.52. The summed E-state index contributed by atoms with van der Waals surface area (Å²) in [4.78, 5) is 12.9. The molecular formula is C45H70NO61S13-13. The summed E-state index contributed by atoms with van der Waals surface area (Å²) in [5.74, 6) is -0.669. The molecule has 75 heteroatoms. The zero-order chi connectivity index (χ0) is 91.4. The number of carbonyl (C=O) groups excluding carboxylic acids is 1. The molecule has 0 aromatic rings. The van der Waals surface area contributed by atoms with Crippen molar-refractivity contribution in [2.24, 2.45) is 0 Å². The Morgan fingerprint density at radius 3 is 0.742 bits per heavy atom. The monoisotopic (exact) mass is 2020 g/mol. The molecular weight excluding hydrogens is 1950 g/mol. The van der Waals surface area contributed by atoms with Gasteiger partial charge in [-0.15, -0.1) is 0 Å². The van der Waals surface area contributed by atoms with E-state index in [1.54, 1.807) is 0 Å². The molecule has 0 radical (unpaired) electrons. The van der Waals surface area contributed by atoms with Crippen molar-refractivity contribution < 1.29 is 266 Å². The maximum atomic E-state index is 13.0. The molecule has 120 heavy (non-hydrogen) atoms. The molecule has 1 N–H and O–H groups in total. The molecule has 0 unspecified atom stereocenters. The summed E-state index contributed by atoms with van der Waals surface area (Å²) in [7, 11) is -88.2. The van der Waals surface area contributed by atoms with Crippen LogP contribution in [-0.2, 0) is 232 Å². The van der Waals surface area contributed by atoms with Crippen molar-refractivity contribution in [1.29, 1.82) is 0 Å². The Labute approximate surface area is 686 Å². The van der Waals surface area contributed by atoms with Gasteiger partial charge in [0.2, 0.25) is 141 Å². The minimum atomic E-state index is -7.23. The predicted molar refractivity (Wildman–Crippen MR) is 346 cm³/mol. The van der Waals surface area contributed by atoms with Gasteiger partial charge < -0.3 is 102 Å². The second kappa shape index (κ2) is 46.1. The van der Waals surface area contributed by atoms with Crippen molar-refractivity contribution in [2.45, 2.75) is 239 Å². The Morgan fingerprint density at radius 2 is 0.475 bits per heavy atom. The third-order valence-electron chi connectivity index (χ3n) is 15.7. The van der Waals surface area contributed by atoms with Gasteiger partial charge in [0.15, 0.2) is 43.5 Å². The molecule has 0 aromatic carbocycles. The molecule has 4 fully saturated rings. The van der Waals surface area contributed by atoms with Crippen LogP contribution in [0.2, 0.25) is 0 Å². The number of hydrogen-bond acceptors (Lipinski definition) is 61. The van der Waals surface area contributed by atoms with Gasteiger partial charge in [-0.1, -0.05) is 96.8 Å². The van der Waals surface area contributed by atoms with Crippen LogP contribution in [0.3, 0.4) is 0 Å². The van der Waals surface area contributed by atoms with E-state index < -0.39 is 310 Å². The van der Waals surface area contributed by atoms with Crippen molar-refractivity contribution in [3.05, 3.63) is 0 Å². The van der Waals surface area contributed by atoms with Gasteiger partial charge in [0.1, 0.15) is 79.4 Å². The number of ether oxygens (including phenoxy) is 8. The fraction of sp³-hybridized carbons (Fsp3) is 0.978. The van der Waals surface area contributed by atoms with E-state index in [4.69, 9.17) is 37.9 Å². The summed E-state index contributed by atoms with van der Waals surface area (Å²) in [6.07, 6.45) is -62.5. The van der Waals surface area contributed by atoms with Gasteiger partial charge >= 0.3 is 0 Å². The van der Waals surface area contributed by atoms with E-state index in [2.05, 4.69) is 66.6 Å². The first-order chi connectivity index (χ1) is 54.5. The normalized spacial score (nSPS) is 29.0. The van der Waals surface area contributed by atoms with Crippen LogP contribution in [0.4, 0.5) is 0 Å². The summed E-state index contributed by atoms with van der Waals surface area (Å²) >= 11 is 0. The molecule has 62 nitrogen and oxygen atoms in total. The van der Waals surface area contributed by atoms with E-state index in [1.807, 2.05) is 0 Å². The van der Waals surface area contributed by atoms with Crippen molar-refractivity contribution in [2.75, 3.05) is 39.6 Å². The van der Waals surface area contributed by atoms with Crippen molar-refractivity contribution >= 4 is 141 Å². The van der Waals surface area contributed by atoms with Crippen LogP contribution >= 0.6 is 0 Å². The molecule has 4 saturated heterocycles. The molecule has 4 heterocycles. The second-order valence-corrected chi connectivity index (χ2v) is 38.0. The Morgan fingerprint density at radius 1 is 0.258 bits per heavy atom. The first-order valence-electron chi connectivity index (χ1n) is 33.1. The lowest BCUT2D eigenvalue weighted by Crippen LogP contribution is -2.70. The Hall–Kier alpha value is -2.54. The SMILES string of the molecule is CCCCCCCCCCCCCCCCCC(=O)NCCCO[C@H]1O[C@H](COS(=O)(=O)[O-])[C@@H](OS(=O)(=O)[O-])[C@H](OS(=O)(=O)[O-])[C@@H]1O[C@H]1O[C@H](COS(=O)(=O)[O-])[C@@H](OS(=O)(=O)[O-])[C@H](O[C@H]2O[C@H](COS(=O)(=O)[O-])[C@@H](OS(=O)(=O)[O-])[C@H](O[C@H]3O[C@H](COS(=O)(=O)[O-])[C@@H](OS(=O)(=O)[O-])[C@H](OS(=O)(=O)[O-])[C@@H]3OS(=O)(=O)[O-])[C@@H]2OS(=O)(=O)[O-])[C@@H]1OS(=O)(=O)[O-]. The molecule has 0 bridgehead atoms. The van der Waals surface area contributed by atoms with Gasteiger partial charge in [-0.25, -0.2) is 109 Å². The van der Waals surface area contributed by atoms with Crippen LogP contribution in [0.15, 0.2) is 0 Å². The van der Waals surface area contributed by atoms with Crippen LogP contribution in [0.1, 0.15) is 116 Å². The zero-order valence-electron chi connectivity index (χ0n) is 60.0. The number of carbonyl (C=O) groups is 1. The van der Waals surface area contributed by atoms with E-state index >= 15 is 0 Å². The fourth-order valence-corrected chi connectivity index (χ4v) is 17.1. The van der Waals surface area contributed by atoms with Crippen molar-refractivity contribution in [3.63, 3.8) is 0 Å². The topological polar surface area (TPSA) is 967 Å². The van der Waals surface area contributed by atoms with Gasteiger partial charge in [-0.05, 0) is 12.8 Å². The summed E-state index contributed by atoms with van der Waals surface area (Å²) in [6, 6.07) is 0. The fourth-order valence-electron chi connectivity index (χ4n) is 11.5. The third-order valence-corrected chi connectivity index (χ3v) is 21.6. The molecule has 0 saturated carbocycles. The highest BCUT2D eigenvalue weighted by Gasteiger charge is 2.62. The summed E-state index contributed by atoms with van der Waals surface area (Å²) in [5, 5.41) is 2.40. The first-order valence-corrected chi connectivity index (χ1v) is 50.4. The summed E-state index contributed by atoms with van der Waals surface area (Å²) < 4.78 is 578.